The molecule has 0 saturated carbocycles. The normalized spacial score (nSPS) is 28.9. The third-order valence-electron chi connectivity index (χ3n) is 4.13. The van der Waals surface area contributed by atoms with Gasteiger partial charge in [-0.05, 0) is 24.5 Å². The fraction of sp³-hybridized carbons (Fsp3) is 0.600. The van der Waals surface area contributed by atoms with Crippen LogP contribution in [0.25, 0.3) is 0 Å². The maximum absolute atomic E-state index is 3.69. The summed E-state index contributed by atoms with van der Waals surface area (Å²) in [5.74, 6) is 2.59. The summed E-state index contributed by atoms with van der Waals surface area (Å²) in [5, 5.41) is 3.69. The Labute approximate surface area is 114 Å². The summed E-state index contributed by atoms with van der Waals surface area (Å²) in [6.07, 6.45) is 1.19. The predicted octanol–water partition coefficient (Wildman–Crippen LogP) is 2.14. The van der Waals surface area contributed by atoms with Gasteiger partial charge in [0.1, 0.15) is 0 Å². The van der Waals surface area contributed by atoms with Crippen molar-refractivity contribution in [3.05, 3.63) is 35.4 Å². The lowest BCUT2D eigenvalue weighted by Gasteiger charge is -2.37. The van der Waals surface area contributed by atoms with Gasteiger partial charge < -0.3 is 5.32 Å². The molecule has 1 aromatic carbocycles. The number of rotatable bonds is 2. The Balaban J connectivity index is 1.62. The van der Waals surface area contributed by atoms with Gasteiger partial charge in [-0.25, -0.2) is 0 Å². The minimum Gasteiger partial charge on any atom is -0.308 e. The summed E-state index contributed by atoms with van der Waals surface area (Å²) >= 11 is 2.10. The van der Waals surface area contributed by atoms with Crippen LogP contribution in [0.1, 0.15) is 18.1 Å². The molecule has 2 unspecified atom stereocenters. The van der Waals surface area contributed by atoms with Crippen LogP contribution < -0.4 is 5.32 Å². The van der Waals surface area contributed by atoms with Crippen molar-refractivity contribution in [2.24, 2.45) is 0 Å². The molecule has 2 nitrogen and oxygen atoms in total. The van der Waals surface area contributed by atoms with Crippen LogP contribution in [-0.4, -0.2) is 41.6 Å². The van der Waals surface area contributed by atoms with E-state index in [9.17, 15) is 0 Å². The van der Waals surface area contributed by atoms with Crippen LogP contribution >= 0.6 is 11.8 Å². The van der Waals surface area contributed by atoms with Crippen LogP contribution in [0.4, 0.5) is 0 Å². The van der Waals surface area contributed by atoms with Crippen molar-refractivity contribution in [3.8, 4) is 0 Å². The molecule has 0 aromatic heterocycles. The van der Waals surface area contributed by atoms with E-state index in [2.05, 4.69) is 53.2 Å². The summed E-state index contributed by atoms with van der Waals surface area (Å²) in [5.41, 5.74) is 3.02. The Kier molecular flexibility index (Phi) is 3.92. The highest BCUT2D eigenvalue weighted by molar-refractivity contribution is 7.99. The number of thioether (sulfide) groups is 1. The van der Waals surface area contributed by atoms with Crippen LogP contribution in [0.15, 0.2) is 24.3 Å². The van der Waals surface area contributed by atoms with Gasteiger partial charge in [0, 0.05) is 43.2 Å². The Morgan fingerprint density at radius 3 is 3.00 bits per heavy atom. The van der Waals surface area contributed by atoms with E-state index in [1.807, 2.05) is 0 Å². The molecule has 0 spiro atoms. The van der Waals surface area contributed by atoms with Crippen LogP contribution in [0.5, 0.6) is 0 Å². The van der Waals surface area contributed by atoms with Crippen molar-refractivity contribution in [2.75, 3.05) is 24.6 Å². The molecule has 1 fully saturated rings. The van der Waals surface area contributed by atoms with Gasteiger partial charge in [-0.3, -0.25) is 4.90 Å². The topological polar surface area (TPSA) is 15.3 Å². The lowest BCUT2D eigenvalue weighted by molar-refractivity contribution is 0.202. The molecule has 2 heterocycles. The lowest BCUT2D eigenvalue weighted by Crippen LogP contribution is -2.50. The van der Waals surface area contributed by atoms with Crippen molar-refractivity contribution >= 4 is 11.8 Å². The van der Waals surface area contributed by atoms with E-state index in [1.165, 1.54) is 36.6 Å². The Morgan fingerprint density at radius 1 is 1.33 bits per heavy atom. The van der Waals surface area contributed by atoms with E-state index in [-0.39, 0.29) is 0 Å². The minimum atomic E-state index is 0.630. The first kappa shape index (κ1) is 12.5. The summed E-state index contributed by atoms with van der Waals surface area (Å²) < 4.78 is 0. The highest BCUT2D eigenvalue weighted by atomic mass is 32.2. The summed E-state index contributed by atoms with van der Waals surface area (Å²) in [7, 11) is 0. The third kappa shape index (κ3) is 2.73. The fourth-order valence-corrected chi connectivity index (χ4v) is 4.05. The van der Waals surface area contributed by atoms with Crippen molar-refractivity contribution < 1.29 is 0 Å². The number of benzene rings is 1. The standard InChI is InChI=1S/C15H22N2S/c1-12-11-18-7-6-17(12)10-15-8-13-4-2-3-5-14(13)9-16-15/h2-5,12,15-16H,6-11H2,1H3. The molecular formula is C15H22N2S. The molecule has 0 bridgehead atoms. The van der Waals surface area contributed by atoms with Crippen LogP contribution in [0.3, 0.4) is 0 Å². The molecule has 2 aliphatic heterocycles. The third-order valence-corrected chi connectivity index (χ3v) is 5.32. The van der Waals surface area contributed by atoms with Crippen LogP contribution in [0.2, 0.25) is 0 Å². The fourth-order valence-electron chi connectivity index (χ4n) is 2.97. The first-order valence-corrected chi connectivity index (χ1v) is 8.10. The van der Waals surface area contributed by atoms with Crippen molar-refractivity contribution in [3.63, 3.8) is 0 Å². The number of nitrogens with zero attached hydrogens (tertiary/aromatic N) is 1. The SMILES string of the molecule is CC1CSCCN1CC1Cc2ccccc2CN1. The molecule has 0 radical (unpaired) electrons. The molecule has 1 N–H and O–H groups in total. The van der Waals surface area contributed by atoms with Gasteiger partial charge in [0.05, 0.1) is 0 Å². The average molecular weight is 262 g/mol. The number of hydrogen-bond acceptors (Lipinski definition) is 3. The summed E-state index contributed by atoms with van der Waals surface area (Å²) in [6, 6.07) is 10.2. The highest BCUT2D eigenvalue weighted by Crippen LogP contribution is 2.20. The zero-order valence-electron chi connectivity index (χ0n) is 11.1. The van der Waals surface area contributed by atoms with E-state index in [4.69, 9.17) is 0 Å². The molecule has 0 aliphatic carbocycles. The quantitative estimate of drug-likeness (QED) is 0.879. The van der Waals surface area contributed by atoms with E-state index in [1.54, 1.807) is 5.56 Å². The molecule has 18 heavy (non-hydrogen) atoms. The lowest BCUT2D eigenvalue weighted by atomic mass is 9.95. The van der Waals surface area contributed by atoms with Gasteiger partial charge in [0.2, 0.25) is 0 Å². The molecule has 0 amide bonds. The first-order chi connectivity index (χ1) is 8.83. The van der Waals surface area contributed by atoms with Gasteiger partial charge in [-0.1, -0.05) is 24.3 Å². The zero-order chi connectivity index (χ0) is 12.4. The average Bonchev–Trinajstić information content (AvgIpc) is 2.41. The number of hydrogen-bond donors (Lipinski definition) is 1. The summed E-state index contributed by atoms with van der Waals surface area (Å²) in [6.45, 7) is 5.86. The zero-order valence-corrected chi connectivity index (χ0v) is 11.9. The van der Waals surface area contributed by atoms with Gasteiger partial charge in [0.25, 0.3) is 0 Å². The number of fused-ring (bicyclic) bond motifs is 1. The van der Waals surface area contributed by atoms with E-state index in [0.29, 0.717) is 6.04 Å². The van der Waals surface area contributed by atoms with Gasteiger partial charge in [-0.15, -0.1) is 0 Å². The van der Waals surface area contributed by atoms with Crippen LogP contribution in [0, 0.1) is 0 Å². The molecule has 2 atom stereocenters. The monoisotopic (exact) mass is 262 g/mol. The first-order valence-electron chi connectivity index (χ1n) is 6.95. The van der Waals surface area contributed by atoms with E-state index in [0.717, 1.165) is 12.6 Å². The Hall–Kier alpha value is -0.510. The maximum Gasteiger partial charge on any atom is 0.0238 e. The predicted molar refractivity (Wildman–Crippen MR) is 79.1 cm³/mol. The smallest absolute Gasteiger partial charge is 0.0238 e. The molecule has 1 aromatic rings. The summed E-state index contributed by atoms with van der Waals surface area (Å²) in [4.78, 5) is 2.65. The molecular weight excluding hydrogens is 240 g/mol. The Bertz CT molecular complexity index is 407. The molecule has 2 aliphatic rings. The minimum absolute atomic E-state index is 0.630. The molecule has 98 valence electrons. The second kappa shape index (κ2) is 5.64. The van der Waals surface area contributed by atoms with Gasteiger partial charge in [0.15, 0.2) is 0 Å². The maximum atomic E-state index is 3.69. The molecule has 3 heteroatoms. The van der Waals surface area contributed by atoms with Crippen LogP contribution in [-0.2, 0) is 13.0 Å². The largest absolute Gasteiger partial charge is 0.308 e. The molecule has 3 rings (SSSR count). The number of nitrogens with one attached hydrogen (secondary N) is 1. The second-order valence-corrected chi connectivity index (χ2v) is 6.62. The van der Waals surface area contributed by atoms with Gasteiger partial charge in [-0.2, -0.15) is 11.8 Å². The Morgan fingerprint density at radius 2 is 2.17 bits per heavy atom. The molecule has 1 saturated heterocycles. The van der Waals surface area contributed by atoms with Crippen molar-refractivity contribution in [1.29, 1.82) is 0 Å². The van der Waals surface area contributed by atoms with E-state index >= 15 is 0 Å². The highest BCUT2D eigenvalue weighted by Gasteiger charge is 2.24. The van der Waals surface area contributed by atoms with E-state index < -0.39 is 0 Å². The van der Waals surface area contributed by atoms with Gasteiger partial charge >= 0.3 is 0 Å². The second-order valence-electron chi connectivity index (χ2n) is 5.47. The van der Waals surface area contributed by atoms with Crippen molar-refractivity contribution in [2.45, 2.75) is 32.0 Å². The van der Waals surface area contributed by atoms with Crippen molar-refractivity contribution in [1.82, 2.24) is 10.2 Å².